The van der Waals surface area contributed by atoms with Crippen LogP contribution in [0.3, 0.4) is 0 Å². The van der Waals surface area contributed by atoms with Crippen molar-refractivity contribution in [1.29, 1.82) is 0 Å². The molecule has 3 rings (SSSR count). The van der Waals surface area contributed by atoms with Crippen LogP contribution in [0.2, 0.25) is 0 Å². The maximum atomic E-state index is 12.4. The Bertz CT molecular complexity index is 667. The molecular formula is C12H12N2O2S2. The molecule has 2 N–H and O–H groups in total. The molecule has 1 aromatic heterocycles. The Labute approximate surface area is 110 Å². The van der Waals surface area contributed by atoms with Gasteiger partial charge in [-0.05, 0) is 17.2 Å². The van der Waals surface area contributed by atoms with Crippen molar-refractivity contribution in [2.45, 2.75) is 17.3 Å². The predicted molar refractivity (Wildman–Crippen MR) is 71.6 cm³/mol. The molecule has 1 aliphatic rings. The van der Waals surface area contributed by atoms with Gasteiger partial charge >= 0.3 is 0 Å². The molecule has 0 radical (unpaired) electrons. The van der Waals surface area contributed by atoms with Gasteiger partial charge in [0.1, 0.15) is 4.21 Å². The summed E-state index contributed by atoms with van der Waals surface area (Å²) in [6, 6.07) is 9.31. The molecule has 94 valence electrons. The Hall–Kier alpha value is -1.37. The topological polar surface area (TPSA) is 63.4 Å². The van der Waals surface area contributed by atoms with Crippen LogP contribution in [-0.2, 0) is 23.1 Å². The summed E-state index contributed by atoms with van der Waals surface area (Å²) < 4.78 is 26.6. The SMILES string of the molecule is Nc1csc(S(=O)(=O)N2Cc3ccccc3C2)c1. The van der Waals surface area contributed by atoms with Crippen LogP contribution in [0, 0.1) is 0 Å². The van der Waals surface area contributed by atoms with Crippen LogP contribution in [0.25, 0.3) is 0 Å². The highest BCUT2D eigenvalue weighted by Gasteiger charge is 2.31. The van der Waals surface area contributed by atoms with Gasteiger partial charge in [-0.1, -0.05) is 24.3 Å². The Kier molecular flexibility index (Phi) is 2.65. The first-order valence-corrected chi connectivity index (χ1v) is 7.80. The fraction of sp³-hybridized carbons (Fsp3) is 0.167. The molecule has 18 heavy (non-hydrogen) atoms. The molecule has 0 atom stereocenters. The van der Waals surface area contributed by atoms with Gasteiger partial charge in [-0.2, -0.15) is 4.31 Å². The van der Waals surface area contributed by atoms with Crippen molar-refractivity contribution in [1.82, 2.24) is 4.31 Å². The summed E-state index contributed by atoms with van der Waals surface area (Å²) in [4.78, 5) is 0. The molecular weight excluding hydrogens is 268 g/mol. The van der Waals surface area contributed by atoms with Crippen LogP contribution in [0.5, 0.6) is 0 Å². The molecule has 0 aliphatic carbocycles. The highest BCUT2D eigenvalue weighted by Crippen LogP contribution is 2.31. The zero-order chi connectivity index (χ0) is 12.8. The van der Waals surface area contributed by atoms with Crippen molar-refractivity contribution >= 4 is 27.0 Å². The van der Waals surface area contributed by atoms with Crippen LogP contribution in [0.15, 0.2) is 39.9 Å². The lowest BCUT2D eigenvalue weighted by Gasteiger charge is -2.13. The number of rotatable bonds is 2. The van der Waals surface area contributed by atoms with E-state index in [0.717, 1.165) is 11.1 Å². The molecule has 2 heterocycles. The molecule has 2 aromatic rings. The third-order valence-corrected chi connectivity index (χ3v) is 6.23. The van der Waals surface area contributed by atoms with Gasteiger partial charge in [-0.15, -0.1) is 11.3 Å². The van der Waals surface area contributed by atoms with Crippen molar-refractivity contribution in [3.8, 4) is 0 Å². The van der Waals surface area contributed by atoms with E-state index in [1.807, 2.05) is 24.3 Å². The summed E-state index contributed by atoms with van der Waals surface area (Å²) in [5, 5.41) is 1.65. The first kappa shape index (κ1) is 11.7. The van der Waals surface area contributed by atoms with Crippen molar-refractivity contribution in [3.05, 3.63) is 46.8 Å². The molecule has 0 spiro atoms. The van der Waals surface area contributed by atoms with E-state index in [-0.39, 0.29) is 0 Å². The van der Waals surface area contributed by atoms with Gasteiger partial charge in [0.15, 0.2) is 0 Å². The summed E-state index contributed by atoms with van der Waals surface area (Å²) in [7, 11) is -3.41. The number of sulfonamides is 1. The van der Waals surface area contributed by atoms with Gasteiger partial charge in [0.2, 0.25) is 0 Å². The van der Waals surface area contributed by atoms with Crippen LogP contribution in [0.4, 0.5) is 5.69 Å². The molecule has 1 aromatic carbocycles. The highest BCUT2D eigenvalue weighted by molar-refractivity contribution is 7.91. The second kappa shape index (κ2) is 4.08. The molecule has 0 bridgehead atoms. The minimum Gasteiger partial charge on any atom is -0.398 e. The minimum absolute atomic E-state index is 0.313. The summed E-state index contributed by atoms with van der Waals surface area (Å²) >= 11 is 1.17. The average Bonchev–Trinajstić information content (AvgIpc) is 2.94. The lowest BCUT2D eigenvalue weighted by molar-refractivity contribution is 0.433. The van der Waals surface area contributed by atoms with E-state index in [9.17, 15) is 8.42 Å². The maximum absolute atomic E-state index is 12.4. The van der Waals surface area contributed by atoms with Gasteiger partial charge in [-0.3, -0.25) is 0 Å². The van der Waals surface area contributed by atoms with Gasteiger partial charge < -0.3 is 5.73 Å². The van der Waals surface area contributed by atoms with Crippen molar-refractivity contribution in [2.75, 3.05) is 5.73 Å². The van der Waals surface area contributed by atoms with E-state index in [1.165, 1.54) is 21.7 Å². The number of nitrogens with two attached hydrogens (primary N) is 1. The fourth-order valence-corrected chi connectivity index (χ4v) is 4.69. The lowest BCUT2D eigenvalue weighted by Crippen LogP contribution is -2.24. The third kappa shape index (κ3) is 1.82. The van der Waals surface area contributed by atoms with Gasteiger partial charge in [-0.25, -0.2) is 8.42 Å². The second-order valence-electron chi connectivity index (χ2n) is 4.24. The number of hydrogen-bond donors (Lipinski definition) is 1. The monoisotopic (exact) mass is 280 g/mol. The first-order chi connectivity index (χ1) is 8.57. The number of benzene rings is 1. The Morgan fingerprint density at radius 1 is 1.17 bits per heavy atom. The lowest BCUT2D eigenvalue weighted by atomic mass is 10.1. The van der Waals surface area contributed by atoms with Crippen LogP contribution in [-0.4, -0.2) is 12.7 Å². The quantitative estimate of drug-likeness (QED) is 0.915. The number of hydrogen-bond acceptors (Lipinski definition) is 4. The van der Waals surface area contributed by atoms with E-state index in [4.69, 9.17) is 5.73 Å². The normalized spacial score (nSPS) is 15.8. The number of thiophene rings is 1. The van der Waals surface area contributed by atoms with E-state index < -0.39 is 10.0 Å². The van der Waals surface area contributed by atoms with E-state index in [2.05, 4.69) is 0 Å². The van der Waals surface area contributed by atoms with E-state index >= 15 is 0 Å². The number of fused-ring (bicyclic) bond motifs is 1. The summed E-state index contributed by atoms with van der Waals surface area (Å²) in [6.07, 6.45) is 0. The average molecular weight is 280 g/mol. The van der Waals surface area contributed by atoms with Crippen LogP contribution >= 0.6 is 11.3 Å². The van der Waals surface area contributed by atoms with Crippen molar-refractivity contribution in [3.63, 3.8) is 0 Å². The van der Waals surface area contributed by atoms with Crippen molar-refractivity contribution in [2.24, 2.45) is 0 Å². The molecule has 0 unspecified atom stereocenters. The largest absolute Gasteiger partial charge is 0.398 e. The molecule has 0 saturated heterocycles. The number of anilines is 1. The number of nitrogens with zero attached hydrogens (tertiary/aromatic N) is 1. The Morgan fingerprint density at radius 3 is 2.28 bits per heavy atom. The van der Waals surface area contributed by atoms with Gasteiger partial charge in [0.05, 0.1) is 0 Å². The third-order valence-electron chi connectivity index (χ3n) is 3.00. The zero-order valence-electron chi connectivity index (χ0n) is 9.54. The molecule has 0 fully saturated rings. The fourth-order valence-electron chi connectivity index (χ4n) is 2.06. The summed E-state index contributed by atoms with van der Waals surface area (Å²) in [5.74, 6) is 0. The van der Waals surface area contributed by atoms with Gasteiger partial charge in [0, 0.05) is 24.2 Å². The minimum atomic E-state index is -3.41. The van der Waals surface area contributed by atoms with Gasteiger partial charge in [0.25, 0.3) is 10.0 Å². The maximum Gasteiger partial charge on any atom is 0.253 e. The Morgan fingerprint density at radius 2 is 1.78 bits per heavy atom. The first-order valence-electron chi connectivity index (χ1n) is 5.48. The second-order valence-corrected chi connectivity index (χ2v) is 7.32. The molecule has 0 amide bonds. The highest BCUT2D eigenvalue weighted by atomic mass is 32.2. The van der Waals surface area contributed by atoms with E-state index in [0.29, 0.717) is 23.0 Å². The molecule has 6 heteroatoms. The summed E-state index contributed by atoms with van der Waals surface area (Å²) in [5.41, 5.74) is 8.23. The van der Waals surface area contributed by atoms with E-state index in [1.54, 1.807) is 5.38 Å². The smallest absolute Gasteiger partial charge is 0.253 e. The zero-order valence-corrected chi connectivity index (χ0v) is 11.2. The molecule has 1 aliphatic heterocycles. The predicted octanol–water partition coefficient (Wildman–Crippen LogP) is 2.03. The molecule has 4 nitrogen and oxygen atoms in total. The molecule has 0 saturated carbocycles. The van der Waals surface area contributed by atoms with Crippen LogP contribution in [0.1, 0.15) is 11.1 Å². The van der Waals surface area contributed by atoms with Crippen LogP contribution < -0.4 is 5.73 Å². The standard InChI is InChI=1S/C12H12N2O2S2/c13-11-5-12(17-8-11)18(15,16)14-6-9-3-1-2-4-10(9)7-14/h1-5,8H,6-7,13H2. The Balaban J connectivity index is 1.95. The van der Waals surface area contributed by atoms with Crippen molar-refractivity contribution < 1.29 is 8.42 Å². The number of nitrogen functional groups attached to an aromatic ring is 1. The summed E-state index contributed by atoms with van der Waals surface area (Å²) in [6.45, 7) is 0.882.